The van der Waals surface area contributed by atoms with Crippen molar-refractivity contribution >= 4 is 11.6 Å². The first-order chi connectivity index (χ1) is 9.65. The largest absolute Gasteiger partial charge is 0.497 e. The number of ether oxygens (including phenoxy) is 1. The first-order valence-electron chi connectivity index (χ1n) is 6.38. The van der Waals surface area contributed by atoms with Crippen LogP contribution in [0.2, 0.25) is 0 Å². The third kappa shape index (κ3) is 2.90. The van der Waals surface area contributed by atoms with E-state index in [1.165, 1.54) is 6.20 Å². The molecule has 106 valence electrons. The van der Waals surface area contributed by atoms with Gasteiger partial charge in [0.2, 0.25) is 0 Å². The molecule has 0 saturated heterocycles. The number of rotatable bonds is 5. The van der Waals surface area contributed by atoms with Gasteiger partial charge in [-0.15, -0.1) is 0 Å². The van der Waals surface area contributed by atoms with Gasteiger partial charge < -0.3 is 15.8 Å². The number of benzene rings is 1. The normalized spacial score (nSPS) is 10.3. The molecule has 2 aromatic rings. The van der Waals surface area contributed by atoms with Crippen LogP contribution >= 0.6 is 0 Å². The summed E-state index contributed by atoms with van der Waals surface area (Å²) in [5.41, 5.74) is 7.54. The van der Waals surface area contributed by atoms with Crippen molar-refractivity contribution in [2.45, 2.75) is 20.0 Å². The van der Waals surface area contributed by atoms with E-state index in [2.05, 4.69) is 10.4 Å². The maximum Gasteiger partial charge on any atom is 0.271 e. The Morgan fingerprint density at radius 3 is 2.70 bits per heavy atom. The number of nitrogens with two attached hydrogens (primary N) is 1. The molecular formula is C14H18N4O2. The van der Waals surface area contributed by atoms with E-state index in [0.717, 1.165) is 11.3 Å². The number of nitrogens with one attached hydrogen (secondary N) is 1. The molecule has 6 nitrogen and oxygen atoms in total. The van der Waals surface area contributed by atoms with E-state index in [-0.39, 0.29) is 5.91 Å². The van der Waals surface area contributed by atoms with Gasteiger partial charge in [-0.1, -0.05) is 12.1 Å². The molecule has 0 aliphatic carbocycles. The van der Waals surface area contributed by atoms with Gasteiger partial charge in [0.1, 0.15) is 11.4 Å². The number of methoxy groups -OCH3 is 1. The second-order valence-corrected chi connectivity index (χ2v) is 4.30. The molecule has 0 aliphatic rings. The van der Waals surface area contributed by atoms with Gasteiger partial charge in [-0.25, -0.2) is 0 Å². The van der Waals surface area contributed by atoms with Crippen LogP contribution in [0.15, 0.2) is 30.5 Å². The van der Waals surface area contributed by atoms with Gasteiger partial charge in [0.25, 0.3) is 5.91 Å². The Hall–Kier alpha value is -2.50. The summed E-state index contributed by atoms with van der Waals surface area (Å²) < 4.78 is 6.67. The zero-order valence-corrected chi connectivity index (χ0v) is 11.6. The minimum absolute atomic E-state index is 0.224. The van der Waals surface area contributed by atoms with Gasteiger partial charge in [0, 0.05) is 13.1 Å². The lowest BCUT2D eigenvalue weighted by Crippen LogP contribution is -2.26. The Kier molecular flexibility index (Phi) is 4.24. The highest BCUT2D eigenvalue weighted by atomic mass is 16.5. The van der Waals surface area contributed by atoms with E-state index in [1.807, 2.05) is 31.2 Å². The third-order valence-corrected chi connectivity index (χ3v) is 2.99. The average molecular weight is 274 g/mol. The monoisotopic (exact) mass is 274 g/mol. The number of carbonyl (C=O) groups excluding carboxylic acids is 1. The Morgan fingerprint density at radius 1 is 1.40 bits per heavy atom. The van der Waals surface area contributed by atoms with Gasteiger partial charge in [0.15, 0.2) is 0 Å². The van der Waals surface area contributed by atoms with Gasteiger partial charge >= 0.3 is 0 Å². The van der Waals surface area contributed by atoms with E-state index in [1.54, 1.807) is 11.8 Å². The van der Waals surface area contributed by atoms with Crippen molar-refractivity contribution in [1.82, 2.24) is 15.1 Å². The smallest absolute Gasteiger partial charge is 0.271 e. The molecular weight excluding hydrogens is 256 g/mol. The Bertz CT molecular complexity index is 590. The van der Waals surface area contributed by atoms with Gasteiger partial charge in [-0.05, 0) is 24.6 Å². The summed E-state index contributed by atoms with van der Waals surface area (Å²) in [6.07, 6.45) is 1.49. The van der Waals surface area contributed by atoms with E-state index in [0.29, 0.717) is 24.5 Å². The predicted molar refractivity (Wildman–Crippen MR) is 76.5 cm³/mol. The van der Waals surface area contributed by atoms with E-state index >= 15 is 0 Å². The van der Waals surface area contributed by atoms with Crippen molar-refractivity contribution in [2.75, 3.05) is 12.8 Å². The molecule has 0 atom stereocenters. The second kappa shape index (κ2) is 6.10. The van der Waals surface area contributed by atoms with Crippen LogP contribution in [-0.2, 0) is 13.1 Å². The van der Waals surface area contributed by atoms with Gasteiger partial charge in [-0.3, -0.25) is 9.48 Å². The minimum atomic E-state index is -0.224. The van der Waals surface area contributed by atoms with Gasteiger partial charge in [0.05, 0.1) is 19.0 Å². The summed E-state index contributed by atoms with van der Waals surface area (Å²) in [6.45, 7) is 2.94. The SMILES string of the molecule is CCn1ncc(N)c1C(=O)NCc1ccc(OC)cc1. The van der Waals surface area contributed by atoms with Crippen molar-refractivity contribution < 1.29 is 9.53 Å². The molecule has 0 bridgehead atoms. The van der Waals surface area contributed by atoms with Crippen LogP contribution in [0.1, 0.15) is 23.0 Å². The van der Waals surface area contributed by atoms with Crippen molar-refractivity contribution in [3.8, 4) is 5.75 Å². The highest BCUT2D eigenvalue weighted by Crippen LogP contribution is 2.13. The number of aryl methyl sites for hydroxylation is 1. The molecule has 1 amide bonds. The van der Waals surface area contributed by atoms with Crippen LogP contribution in [-0.4, -0.2) is 22.8 Å². The van der Waals surface area contributed by atoms with E-state index in [4.69, 9.17) is 10.5 Å². The second-order valence-electron chi connectivity index (χ2n) is 4.30. The number of nitrogen functional groups attached to an aromatic ring is 1. The Morgan fingerprint density at radius 2 is 2.10 bits per heavy atom. The molecule has 0 radical (unpaired) electrons. The summed E-state index contributed by atoms with van der Waals surface area (Å²) in [6, 6.07) is 7.51. The molecule has 0 fully saturated rings. The summed E-state index contributed by atoms with van der Waals surface area (Å²) in [7, 11) is 1.62. The number of carbonyl (C=O) groups is 1. The zero-order valence-electron chi connectivity index (χ0n) is 11.6. The fraction of sp³-hybridized carbons (Fsp3) is 0.286. The van der Waals surface area contributed by atoms with Crippen molar-refractivity contribution in [1.29, 1.82) is 0 Å². The third-order valence-electron chi connectivity index (χ3n) is 2.99. The minimum Gasteiger partial charge on any atom is -0.497 e. The van der Waals surface area contributed by atoms with Crippen molar-refractivity contribution in [3.63, 3.8) is 0 Å². The van der Waals surface area contributed by atoms with Crippen LogP contribution in [0, 0.1) is 0 Å². The zero-order chi connectivity index (χ0) is 14.5. The van der Waals surface area contributed by atoms with Crippen LogP contribution < -0.4 is 15.8 Å². The number of aromatic nitrogens is 2. The van der Waals surface area contributed by atoms with Crippen LogP contribution in [0.5, 0.6) is 5.75 Å². The Labute approximate surface area is 117 Å². The van der Waals surface area contributed by atoms with Gasteiger partial charge in [-0.2, -0.15) is 5.10 Å². The summed E-state index contributed by atoms with van der Waals surface area (Å²) in [4.78, 5) is 12.1. The topological polar surface area (TPSA) is 82.2 Å². The molecule has 0 saturated carbocycles. The molecule has 3 N–H and O–H groups in total. The van der Waals surface area contributed by atoms with Crippen molar-refractivity contribution in [2.24, 2.45) is 0 Å². The average Bonchev–Trinajstić information content (AvgIpc) is 2.86. The standard InChI is InChI=1S/C14H18N4O2/c1-3-18-13(12(15)9-17-18)14(19)16-8-10-4-6-11(20-2)7-5-10/h4-7,9H,3,8,15H2,1-2H3,(H,16,19). The lowest BCUT2D eigenvalue weighted by atomic mass is 10.2. The van der Waals surface area contributed by atoms with E-state index < -0.39 is 0 Å². The molecule has 0 spiro atoms. The quantitative estimate of drug-likeness (QED) is 0.864. The number of nitrogens with zero attached hydrogens (tertiary/aromatic N) is 2. The molecule has 2 rings (SSSR count). The maximum atomic E-state index is 12.1. The lowest BCUT2D eigenvalue weighted by Gasteiger charge is -2.08. The molecule has 1 heterocycles. The number of hydrogen-bond acceptors (Lipinski definition) is 4. The van der Waals surface area contributed by atoms with Crippen LogP contribution in [0.25, 0.3) is 0 Å². The fourth-order valence-corrected chi connectivity index (χ4v) is 1.90. The van der Waals surface area contributed by atoms with Crippen LogP contribution in [0.4, 0.5) is 5.69 Å². The maximum absolute atomic E-state index is 12.1. The molecule has 6 heteroatoms. The summed E-state index contributed by atoms with van der Waals surface area (Å²) in [5, 5.41) is 6.88. The Balaban J connectivity index is 2.02. The summed E-state index contributed by atoms with van der Waals surface area (Å²) >= 11 is 0. The lowest BCUT2D eigenvalue weighted by molar-refractivity contribution is 0.0941. The van der Waals surface area contributed by atoms with E-state index in [9.17, 15) is 4.79 Å². The van der Waals surface area contributed by atoms with Crippen LogP contribution in [0.3, 0.4) is 0 Å². The predicted octanol–water partition coefficient (Wildman–Crippen LogP) is 1.42. The van der Waals surface area contributed by atoms with Crippen molar-refractivity contribution in [3.05, 3.63) is 41.7 Å². The fourth-order valence-electron chi connectivity index (χ4n) is 1.90. The number of anilines is 1. The highest BCUT2D eigenvalue weighted by molar-refractivity contribution is 5.97. The first kappa shape index (κ1) is 13.9. The first-order valence-corrected chi connectivity index (χ1v) is 6.38. The molecule has 1 aromatic heterocycles. The summed E-state index contributed by atoms with van der Waals surface area (Å²) in [5.74, 6) is 0.561. The highest BCUT2D eigenvalue weighted by Gasteiger charge is 2.15. The molecule has 20 heavy (non-hydrogen) atoms. The molecule has 0 unspecified atom stereocenters. The molecule has 1 aromatic carbocycles. The number of amides is 1. The molecule has 0 aliphatic heterocycles. The number of hydrogen-bond donors (Lipinski definition) is 2.